The number of benzene rings is 3. The van der Waals surface area contributed by atoms with E-state index in [-0.39, 0.29) is 18.0 Å². The van der Waals surface area contributed by atoms with Crippen molar-refractivity contribution in [2.75, 3.05) is 50.4 Å². The number of carbonyl (C=O) groups excluding carboxylic acids is 2. The lowest BCUT2D eigenvalue weighted by molar-refractivity contribution is 0.0369. The first-order valence-electron chi connectivity index (χ1n) is 13.7. The molecule has 0 spiro atoms. The molecule has 206 valence electrons. The molecule has 1 unspecified atom stereocenters. The summed E-state index contributed by atoms with van der Waals surface area (Å²) in [5, 5.41) is 9.02. The topological polar surface area (TPSA) is 109 Å². The average molecular weight is 530 g/mol. The van der Waals surface area contributed by atoms with Gasteiger partial charge >= 0.3 is 6.03 Å². The minimum absolute atomic E-state index is 0.165. The number of carbonyl (C=O) groups is 2. The number of hydrogen-bond donors (Lipinski definition) is 4. The Hall–Kier alpha value is -3.88. The lowest BCUT2D eigenvalue weighted by atomic mass is 10.00. The fourth-order valence-electron chi connectivity index (χ4n) is 4.69. The van der Waals surface area contributed by atoms with Crippen LogP contribution in [0.3, 0.4) is 0 Å². The van der Waals surface area contributed by atoms with Crippen molar-refractivity contribution in [1.29, 1.82) is 0 Å². The maximum absolute atomic E-state index is 12.8. The molecule has 0 aromatic heterocycles. The van der Waals surface area contributed by atoms with Crippen LogP contribution in [-0.4, -0.2) is 56.2 Å². The quantitative estimate of drug-likeness (QED) is 0.202. The van der Waals surface area contributed by atoms with Gasteiger partial charge in [0.2, 0.25) is 0 Å². The molecule has 1 saturated heterocycles. The Morgan fingerprint density at radius 3 is 2.36 bits per heavy atom. The highest BCUT2D eigenvalue weighted by molar-refractivity contribution is 6.05. The number of anilines is 2. The molecule has 0 aliphatic carbocycles. The summed E-state index contributed by atoms with van der Waals surface area (Å²) in [6, 6.07) is 24.5. The smallest absolute Gasteiger partial charge is 0.315 e. The molecule has 1 aliphatic heterocycles. The maximum atomic E-state index is 12.8. The number of ether oxygens (including phenoxy) is 1. The van der Waals surface area contributed by atoms with Crippen molar-refractivity contribution in [2.24, 2.45) is 0 Å². The van der Waals surface area contributed by atoms with Crippen LogP contribution in [0.1, 0.15) is 46.8 Å². The summed E-state index contributed by atoms with van der Waals surface area (Å²) < 4.78 is 5.45. The number of rotatable bonds is 12. The van der Waals surface area contributed by atoms with Crippen molar-refractivity contribution in [3.8, 4) is 0 Å². The van der Waals surface area contributed by atoms with Gasteiger partial charge in [0.1, 0.15) is 0 Å². The van der Waals surface area contributed by atoms with Gasteiger partial charge in [0.05, 0.1) is 30.6 Å². The molecule has 8 heteroatoms. The highest BCUT2D eigenvalue weighted by Gasteiger charge is 2.17. The van der Waals surface area contributed by atoms with Crippen LogP contribution in [0.2, 0.25) is 0 Å². The number of morpholine rings is 1. The zero-order chi connectivity index (χ0) is 27.3. The van der Waals surface area contributed by atoms with Gasteiger partial charge in [0.15, 0.2) is 0 Å². The second-order valence-corrected chi connectivity index (χ2v) is 9.80. The number of amides is 3. The van der Waals surface area contributed by atoms with Gasteiger partial charge in [-0.05, 0) is 67.6 Å². The normalized spacial score (nSPS) is 14.4. The Morgan fingerprint density at radius 1 is 0.897 bits per heavy atom. The van der Waals surface area contributed by atoms with Gasteiger partial charge in [-0.1, -0.05) is 54.6 Å². The minimum atomic E-state index is -0.229. The Labute approximate surface area is 230 Å². The van der Waals surface area contributed by atoms with Crippen LogP contribution in [-0.2, 0) is 11.2 Å². The van der Waals surface area contributed by atoms with E-state index >= 15 is 0 Å². The summed E-state index contributed by atoms with van der Waals surface area (Å²) in [6.07, 6.45) is 3.52. The Kier molecular flexibility index (Phi) is 10.7. The monoisotopic (exact) mass is 529 g/mol. The SMILES string of the molecule is Nc1ccccc1NC(=O)c1ccc(C(CCCN2CCOCC2)NC(=O)NCCCc2ccccc2)cc1. The second-order valence-electron chi connectivity index (χ2n) is 9.80. The van der Waals surface area contributed by atoms with Gasteiger partial charge in [-0.3, -0.25) is 9.69 Å². The molecule has 1 aliphatic rings. The van der Waals surface area contributed by atoms with Gasteiger partial charge in [0.25, 0.3) is 5.91 Å². The Bertz CT molecular complexity index is 1180. The van der Waals surface area contributed by atoms with Crippen molar-refractivity contribution >= 4 is 23.3 Å². The molecule has 0 bridgehead atoms. The van der Waals surface area contributed by atoms with Crippen molar-refractivity contribution in [1.82, 2.24) is 15.5 Å². The fourth-order valence-corrected chi connectivity index (χ4v) is 4.69. The Morgan fingerprint density at radius 2 is 1.62 bits per heavy atom. The molecule has 3 aromatic carbocycles. The number of nitrogens with one attached hydrogen (secondary N) is 3. The van der Waals surface area contributed by atoms with Gasteiger partial charge in [-0.2, -0.15) is 0 Å². The van der Waals surface area contributed by atoms with Crippen LogP contribution in [0.5, 0.6) is 0 Å². The molecule has 5 N–H and O–H groups in total. The number of hydrogen-bond acceptors (Lipinski definition) is 5. The molecular weight excluding hydrogens is 490 g/mol. The summed E-state index contributed by atoms with van der Waals surface area (Å²) in [5.41, 5.74) is 9.81. The van der Waals surface area contributed by atoms with E-state index in [4.69, 9.17) is 10.5 Å². The second kappa shape index (κ2) is 14.9. The number of nitrogens with zero attached hydrogens (tertiary/aromatic N) is 1. The van der Waals surface area contributed by atoms with Crippen LogP contribution in [0.25, 0.3) is 0 Å². The summed E-state index contributed by atoms with van der Waals surface area (Å²) in [6.45, 7) is 4.98. The van der Waals surface area contributed by atoms with E-state index in [9.17, 15) is 9.59 Å². The first-order valence-corrected chi connectivity index (χ1v) is 13.7. The molecule has 39 heavy (non-hydrogen) atoms. The average Bonchev–Trinajstić information content (AvgIpc) is 2.97. The van der Waals surface area contributed by atoms with E-state index in [1.54, 1.807) is 24.3 Å². The Balaban J connectivity index is 1.33. The number of urea groups is 1. The van der Waals surface area contributed by atoms with Crippen LogP contribution < -0.4 is 21.7 Å². The van der Waals surface area contributed by atoms with Crippen molar-refractivity contribution in [2.45, 2.75) is 31.7 Å². The van der Waals surface area contributed by atoms with Crippen LogP contribution in [0.15, 0.2) is 78.9 Å². The number of nitrogen functional groups attached to an aromatic ring is 1. The van der Waals surface area contributed by atoms with E-state index in [0.717, 1.165) is 64.1 Å². The largest absolute Gasteiger partial charge is 0.397 e. The first kappa shape index (κ1) is 28.1. The van der Waals surface area contributed by atoms with Crippen molar-refractivity contribution in [3.63, 3.8) is 0 Å². The molecular formula is C31H39N5O3. The van der Waals surface area contributed by atoms with E-state index in [1.807, 2.05) is 42.5 Å². The summed E-state index contributed by atoms with van der Waals surface area (Å²) in [5.74, 6) is -0.229. The molecule has 3 aromatic rings. The third-order valence-corrected chi connectivity index (χ3v) is 6.93. The predicted molar refractivity (Wildman–Crippen MR) is 156 cm³/mol. The minimum Gasteiger partial charge on any atom is -0.397 e. The van der Waals surface area contributed by atoms with Gasteiger partial charge in [-0.15, -0.1) is 0 Å². The van der Waals surface area contributed by atoms with Crippen molar-refractivity contribution in [3.05, 3.63) is 95.6 Å². The number of para-hydroxylation sites is 2. The van der Waals surface area contributed by atoms with Gasteiger partial charge in [-0.25, -0.2) is 4.79 Å². The molecule has 0 radical (unpaired) electrons. The molecule has 3 amide bonds. The predicted octanol–water partition coefficient (Wildman–Crippen LogP) is 4.61. The zero-order valence-corrected chi connectivity index (χ0v) is 22.4. The van der Waals surface area contributed by atoms with Crippen LogP contribution in [0.4, 0.5) is 16.2 Å². The third-order valence-electron chi connectivity index (χ3n) is 6.93. The van der Waals surface area contributed by atoms with Gasteiger partial charge < -0.3 is 26.4 Å². The van der Waals surface area contributed by atoms with E-state index in [0.29, 0.717) is 23.5 Å². The summed E-state index contributed by atoms with van der Waals surface area (Å²) >= 11 is 0. The molecule has 0 saturated carbocycles. The van der Waals surface area contributed by atoms with Crippen LogP contribution >= 0.6 is 0 Å². The van der Waals surface area contributed by atoms with E-state index in [1.165, 1.54) is 5.56 Å². The fraction of sp³-hybridized carbons (Fsp3) is 0.355. The molecule has 1 atom stereocenters. The third kappa shape index (κ3) is 9.12. The zero-order valence-electron chi connectivity index (χ0n) is 22.4. The molecule has 8 nitrogen and oxygen atoms in total. The molecule has 4 rings (SSSR count). The summed E-state index contributed by atoms with van der Waals surface area (Å²) in [7, 11) is 0. The first-order chi connectivity index (χ1) is 19.1. The lowest BCUT2D eigenvalue weighted by Gasteiger charge is -2.27. The maximum Gasteiger partial charge on any atom is 0.315 e. The highest BCUT2D eigenvalue weighted by Crippen LogP contribution is 2.22. The van der Waals surface area contributed by atoms with Crippen molar-refractivity contribution < 1.29 is 14.3 Å². The standard InChI is InChI=1S/C31H39N5O3/c32-27-11-4-5-12-29(27)34-30(37)26-16-14-25(15-17-26)28(13-7-19-36-20-22-39-23-21-36)35-31(38)33-18-6-10-24-8-2-1-3-9-24/h1-5,8-9,11-12,14-17,28H,6-7,10,13,18-23,32H2,(H,34,37)(H2,33,35,38). The number of nitrogens with two attached hydrogens (primary N) is 1. The van der Waals surface area contributed by atoms with Gasteiger partial charge in [0, 0.05) is 25.2 Å². The van der Waals surface area contributed by atoms with Crippen LogP contribution in [0, 0.1) is 0 Å². The number of aryl methyl sites for hydroxylation is 1. The van der Waals surface area contributed by atoms with E-state index in [2.05, 4.69) is 33.0 Å². The van der Waals surface area contributed by atoms with E-state index < -0.39 is 0 Å². The summed E-state index contributed by atoms with van der Waals surface area (Å²) in [4.78, 5) is 27.9. The molecule has 1 fully saturated rings. The highest BCUT2D eigenvalue weighted by atomic mass is 16.5. The molecule has 1 heterocycles. The lowest BCUT2D eigenvalue weighted by Crippen LogP contribution is -2.39.